The lowest BCUT2D eigenvalue weighted by molar-refractivity contribution is -0.174. The Labute approximate surface area is 67.9 Å². The third kappa shape index (κ3) is 0.964. The van der Waals surface area contributed by atoms with Crippen molar-refractivity contribution in [2.75, 3.05) is 0 Å². The third-order valence-corrected chi connectivity index (χ3v) is 1.70. The molecule has 0 spiro atoms. The molecule has 6 nitrogen and oxygen atoms in total. The molecule has 0 radical (unpaired) electrons. The molecule has 0 saturated carbocycles. The van der Waals surface area contributed by atoms with Gasteiger partial charge in [0.2, 0.25) is 11.8 Å². The van der Waals surface area contributed by atoms with Gasteiger partial charge in [0.1, 0.15) is 6.42 Å². The van der Waals surface area contributed by atoms with Crippen LogP contribution in [0, 0.1) is 0 Å². The molecule has 1 fully saturated rings. The number of β-lactam (4-membered cyclic amide) rings is 2. The number of imide groups is 1. The van der Waals surface area contributed by atoms with E-state index in [4.69, 9.17) is 10.8 Å². The van der Waals surface area contributed by atoms with Crippen LogP contribution < -0.4 is 5.73 Å². The number of amides is 2. The molecule has 12 heavy (non-hydrogen) atoms. The summed E-state index contributed by atoms with van der Waals surface area (Å²) in [6.45, 7) is 1.10. The first-order valence-corrected chi connectivity index (χ1v) is 3.25. The summed E-state index contributed by atoms with van der Waals surface area (Å²) in [7, 11) is 0. The zero-order valence-corrected chi connectivity index (χ0v) is 6.40. The number of hydrogen-bond donors (Lipinski definition) is 2. The van der Waals surface area contributed by atoms with E-state index in [2.05, 4.69) is 0 Å². The average Bonchev–Trinajstić information content (AvgIpc) is 1.85. The van der Waals surface area contributed by atoms with Gasteiger partial charge in [-0.3, -0.25) is 20.2 Å². The molecule has 6 heteroatoms. The maximum atomic E-state index is 10.8. The predicted octanol–water partition coefficient (Wildman–Crippen LogP) is -1.50. The summed E-state index contributed by atoms with van der Waals surface area (Å²) >= 11 is 0. The van der Waals surface area contributed by atoms with Gasteiger partial charge in [0.25, 0.3) is 0 Å². The van der Waals surface area contributed by atoms with Crippen molar-refractivity contribution in [2.24, 2.45) is 5.73 Å². The number of nitrogens with two attached hydrogens (primary N) is 1. The highest BCUT2D eigenvalue weighted by molar-refractivity contribution is 6.17. The first kappa shape index (κ1) is 8.66. The monoisotopic (exact) mass is 172 g/mol. The number of aliphatic carboxylic acids is 1. The number of carboxylic acid groups (broad SMARTS) is 1. The number of hydrogen-bond acceptors (Lipinski definition) is 4. The fourth-order valence-electron chi connectivity index (χ4n) is 0.949. The Morgan fingerprint density at radius 1 is 1.58 bits per heavy atom. The molecular weight excluding hydrogens is 164 g/mol. The van der Waals surface area contributed by atoms with Gasteiger partial charge in [-0.05, 0) is 6.92 Å². The van der Waals surface area contributed by atoms with E-state index >= 15 is 0 Å². The molecule has 0 aromatic heterocycles. The fraction of sp³-hybridized carbons (Fsp3) is 0.500. The largest absolute Gasteiger partial charge is 0.478 e. The second kappa shape index (κ2) is 2.28. The summed E-state index contributed by atoms with van der Waals surface area (Å²) in [5.41, 5.74) is 3.32. The molecule has 1 aliphatic rings. The number of carbonyl (C=O) groups is 3. The minimum Gasteiger partial charge on any atom is -0.478 e. The van der Waals surface area contributed by atoms with Crippen molar-refractivity contribution in [3.63, 3.8) is 0 Å². The zero-order chi connectivity index (χ0) is 9.52. The van der Waals surface area contributed by atoms with Crippen LogP contribution in [0.5, 0.6) is 0 Å². The Hall–Kier alpha value is -1.43. The highest BCUT2D eigenvalue weighted by Gasteiger charge is 2.49. The predicted molar refractivity (Wildman–Crippen MR) is 36.7 cm³/mol. The quantitative estimate of drug-likeness (QED) is 0.390. The van der Waals surface area contributed by atoms with Crippen molar-refractivity contribution in [2.45, 2.75) is 19.0 Å². The molecule has 0 bridgehead atoms. The van der Waals surface area contributed by atoms with Crippen molar-refractivity contribution in [1.82, 2.24) is 4.90 Å². The second-order valence-electron chi connectivity index (χ2n) is 2.75. The van der Waals surface area contributed by atoms with Crippen LogP contribution in [0.3, 0.4) is 0 Å². The number of carbonyl (C=O) groups excluding carboxylic acids is 2. The molecule has 1 rings (SSSR count). The molecule has 0 unspecified atom stereocenters. The van der Waals surface area contributed by atoms with Gasteiger partial charge in [-0.2, -0.15) is 0 Å². The summed E-state index contributed by atoms with van der Waals surface area (Å²) in [6, 6.07) is 0. The van der Waals surface area contributed by atoms with Gasteiger partial charge in [0.15, 0.2) is 5.66 Å². The maximum Gasteiger partial charge on any atom is 0.344 e. The molecule has 0 aromatic carbocycles. The maximum absolute atomic E-state index is 10.8. The van der Waals surface area contributed by atoms with E-state index in [0.717, 1.165) is 6.92 Å². The van der Waals surface area contributed by atoms with E-state index in [1.54, 1.807) is 0 Å². The topological polar surface area (TPSA) is 101 Å². The van der Waals surface area contributed by atoms with Crippen molar-refractivity contribution < 1.29 is 19.5 Å². The number of carboxylic acids is 1. The highest BCUT2D eigenvalue weighted by Crippen LogP contribution is 2.20. The molecule has 1 atom stereocenters. The molecule has 0 aromatic rings. The van der Waals surface area contributed by atoms with Crippen LogP contribution in [0.15, 0.2) is 0 Å². The Morgan fingerprint density at radius 2 is 2.00 bits per heavy atom. The third-order valence-electron chi connectivity index (χ3n) is 1.70. The van der Waals surface area contributed by atoms with Gasteiger partial charge in [0, 0.05) is 0 Å². The van der Waals surface area contributed by atoms with Crippen LogP contribution in [0.25, 0.3) is 0 Å². The Balaban J connectivity index is 2.88. The molecule has 66 valence electrons. The zero-order valence-electron chi connectivity index (χ0n) is 6.40. The number of nitrogens with zero attached hydrogens (tertiary/aromatic N) is 1. The van der Waals surface area contributed by atoms with Gasteiger partial charge in [-0.25, -0.2) is 4.79 Å². The first-order chi connectivity index (χ1) is 5.37. The summed E-state index contributed by atoms with van der Waals surface area (Å²) in [4.78, 5) is 32.5. The summed E-state index contributed by atoms with van der Waals surface area (Å²) in [5.74, 6) is -2.50. The van der Waals surface area contributed by atoms with Crippen LogP contribution in [0.1, 0.15) is 13.3 Å². The van der Waals surface area contributed by atoms with E-state index in [0.29, 0.717) is 4.90 Å². The second-order valence-corrected chi connectivity index (χ2v) is 2.75. The van der Waals surface area contributed by atoms with E-state index in [9.17, 15) is 14.4 Å². The Morgan fingerprint density at radius 3 is 2.17 bits per heavy atom. The number of rotatable bonds is 2. The van der Waals surface area contributed by atoms with Crippen molar-refractivity contribution >= 4 is 17.8 Å². The SMILES string of the molecule is C[C@](N)(C(=O)O)N1C(=O)CC1=O. The number of likely N-dealkylation sites (tertiary alicyclic amines) is 1. The van der Waals surface area contributed by atoms with Crippen LogP contribution in [0.4, 0.5) is 0 Å². The molecule has 0 aliphatic carbocycles. The first-order valence-electron chi connectivity index (χ1n) is 3.25. The van der Waals surface area contributed by atoms with Gasteiger partial charge < -0.3 is 5.11 Å². The Kier molecular flexibility index (Phi) is 1.64. The fourth-order valence-corrected chi connectivity index (χ4v) is 0.949. The lowest BCUT2D eigenvalue weighted by Gasteiger charge is -2.38. The molecule has 3 N–H and O–H groups in total. The van der Waals surface area contributed by atoms with Gasteiger partial charge >= 0.3 is 5.97 Å². The van der Waals surface area contributed by atoms with Crippen molar-refractivity contribution in [1.29, 1.82) is 0 Å². The molecule has 1 saturated heterocycles. The minimum absolute atomic E-state index is 0.250. The lowest BCUT2D eigenvalue weighted by atomic mass is 10.1. The van der Waals surface area contributed by atoms with Gasteiger partial charge in [-0.1, -0.05) is 0 Å². The van der Waals surface area contributed by atoms with E-state index in [1.165, 1.54) is 0 Å². The van der Waals surface area contributed by atoms with Crippen molar-refractivity contribution in [3.05, 3.63) is 0 Å². The van der Waals surface area contributed by atoms with E-state index in [-0.39, 0.29) is 6.42 Å². The van der Waals surface area contributed by atoms with Gasteiger partial charge in [-0.15, -0.1) is 0 Å². The summed E-state index contributed by atoms with van der Waals surface area (Å²) < 4.78 is 0. The molecule has 1 aliphatic heterocycles. The molecular formula is C6H8N2O4. The molecule has 1 heterocycles. The van der Waals surface area contributed by atoms with E-state index < -0.39 is 23.4 Å². The standard InChI is InChI=1S/C6H8N2O4/c1-6(7,5(11)12)8-3(9)2-4(8)10/h2,7H2,1H3,(H,11,12)/t6-/m1/s1. The normalized spacial score (nSPS) is 21.7. The highest BCUT2D eigenvalue weighted by atomic mass is 16.4. The summed E-state index contributed by atoms with van der Waals surface area (Å²) in [5, 5.41) is 8.54. The molecule has 2 amide bonds. The van der Waals surface area contributed by atoms with Crippen molar-refractivity contribution in [3.8, 4) is 0 Å². The van der Waals surface area contributed by atoms with Crippen LogP contribution in [0.2, 0.25) is 0 Å². The average molecular weight is 172 g/mol. The lowest BCUT2D eigenvalue weighted by Crippen LogP contribution is -2.68. The van der Waals surface area contributed by atoms with Gasteiger partial charge in [0.05, 0.1) is 0 Å². The smallest absolute Gasteiger partial charge is 0.344 e. The van der Waals surface area contributed by atoms with E-state index in [1.807, 2.05) is 0 Å². The van der Waals surface area contributed by atoms with Crippen LogP contribution in [-0.2, 0) is 14.4 Å². The minimum atomic E-state index is -1.91. The van der Waals surface area contributed by atoms with Crippen LogP contribution >= 0.6 is 0 Å². The Bertz CT molecular complexity index is 257. The van der Waals surface area contributed by atoms with Crippen LogP contribution in [-0.4, -0.2) is 33.5 Å². The summed E-state index contributed by atoms with van der Waals surface area (Å²) in [6.07, 6.45) is -0.250.